The molecule has 0 spiro atoms. The van der Waals surface area contributed by atoms with Gasteiger partial charge >= 0.3 is 6.09 Å². The third kappa shape index (κ3) is 2.53. The van der Waals surface area contributed by atoms with Crippen LogP contribution in [0.15, 0.2) is 42.0 Å². The lowest BCUT2D eigenvalue weighted by Crippen LogP contribution is -2.54. The number of carbonyl (C=O) groups excluding carboxylic acids is 1. The Bertz CT molecular complexity index is 585. The largest absolute Gasteiger partial charge is 0.453 e. The van der Waals surface area contributed by atoms with Crippen LogP contribution in [-0.4, -0.2) is 30.7 Å². The predicted molar refractivity (Wildman–Crippen MR) is 87.7 cm³/mol. The number of amides is 1. The Kier molecular flexibility index (Phi) is 3.75. The van der Waals surface area contributed by atoms with E-state index in [-0.39, 0.29) is 17.6 Å². The summed E-state index contributed by atoms with van der Waals surface area (Å²) in [6.45, 7) is 7.57. The van der Waals surface area contributed by atoms with Gasteiger partial charge in [0.05, 0.1) is 13.2 Å². The Morgan fingerprint density at radius 1 is 1.23 bits per heavy atom. The van der Waals surface area contributed by atoms with Gasteiger partial charge in [0.25, 0.3) is 0 Å². The molecule has 1 aliphatic carbocycles. The van der Waals surface area contributed by atoms with Gasteiger partial charge in [0.2, 0.25) is 0 Å². The topological polar surface area (TPSA) is 29.5 Å². The summed E-state index contributed by atoms with van der Waals surface area (Å²) in [5, 5.41) is 0. The van der Waals surface area contributed by atoms with Gasteiger partial charge in [-0.3, -0.25) is 0 Å². The normalized spacial score (nSPS) is 27.5. The van der Waals surface area contributed by atoms with Crippen molar-refractivity contribution < 1.29 is 9.53 Å². The van der Waals surface area contributed by atoms with E-state index in [1.807, 2.05) is 11.0 Å². The first-order valence-corrected chi connectivity index (χ1v) is 8.03. The van der Waals surface area contributed by atoms with Crippen LogP contribution in [0.2, 0.25) is 0 Å². The molecule has 2 aliphatic heterocycles. The standard InChI is InChI=1S/C19H25NO2/c1-19(2,3)16-11-17-15(13-8-6-5-7-9-13)10-14(16)12-20(17)18(21)22-4/h5-9,11,14-15,17H,10,12H2,1-4H3/t14-,15-,17+/m1/s1. The van der Waals surface area contributed by atoms with Crippen molar-refractivity contribution in [1.82, 2.24) is 4.90 Å². The van der Waals surface area contributed by atoms with E-state index in [1.165, 1.54) is 18.2 Å². The Morgan fingerprint density at radius 2 is 1.91 bits per heavy atom. The van der Waals surface area contributed by atoms with Crippen LogP contribution in [0.25, 0.3) is 0 Å². The maximum atomic E-state index is 12.2. The first-order chi connectivity index (χ1) is 10.4. The Hall–Kier alpha value is -1.77. The van der Waals surface area contributed by atoms with Crippen molar-refractivity contribution >= 4 is 6.09 Å². The monoisotopic (exact) mass is 299 g/mol. The highest BCUT2D eigenvalue weighted by Gasteiger charge is 2.46. The molecule has 3 nitrogen and oxygen atoms in total. The number of carbonyl (C=O) groups is 1. The van der Waals surface area contributed by atoms with Gasteiger partial charge in [-0.1, -0.05) is 62.8 Å². The minimum absolute atomic E-state index is 0.106. The van der Waals surface area contributed by atoms with E-state index in [9.17, 15) is 4.79 Å². The molecule has 1 saturated heterocycles. The molecule has 0 N–H and O–H groups in total. The maximum Gasteiger partial charge on any atom is 0.410 e. The summed E-state index contributed by atoms with van der Waals surface area (Å²) in [5.74, 6) is 0.791. The highest BCUT2D eigenvalue weighted by atomic mass is 16.5. The maximum absolute atomic E-state index is 12.2. The third-order valence-corrected chi connectivity index (χ3v) is 5.02. The van der Waals surface area contributed by atoms with Gasteiger partial charge in [0.15, 0.2) is 0 Å². The minimum Gasteiger partial charge on any atom is -0.453 e. The number of piperidine rings is 1. The van der Waals surface area contributed by atoms with E-state index < -0.39 is 0 Å². The second-order valence-electron chi connectivity index (χ2n) is 7.43. The average Bonchev–Trinajstić information content (AvgIpc) is 2.53. The van der Waals surface area contributed by atoms with Crippen molar-refractivity contribution in [2.75, 3.05) is 13.7 Å². The van der Waals surface area contributed by atoms with E-state index in [0.29, 0.717) is 11.8 Å². The first kappa shape index (κ1) is 15.1. The van der Waals surface area contributed by atoms with Gasteiger partial charge in [0, 0.05) is 12.5 Å². The lowest BCUT2D eigenvalue weighted by atomic mass is 9.65. The molecule has 3 heteroatoms. The molecule has 4 rings (SSSR count). The number of fused-ring (bicyclic) bond motifs is 2. The van der Waals surface area contributed by atoms with Gasteiger partial charge in [0.1, 0.15) is 0 Å². The molecule has 2 bridgehead atoms. The molecule has 3 aliphatic rings. The molecular formula is C19H25NO2. The van der Waals surface area contributed by atoms with Crippen LogP contribution < -0.4 is 0 Å². The van der Waals surface area contributed by atoms with Gasteiger partial charge in [-0.05, 0) is 23.3 Å². The minimum atomic E-state index is -0.208. The van der Waals surface area contributed by atoms with Crippen LogP contribution in [0.3, 0.4) is 0 Å². The summed E-state index contributed by atoms with van der Waals surface area (Å²) in [5.41, 5.74) is 2.97. The fourth-order valence-electron chi connectivity index (χ4n) is 4.06. The lowest BCUT2D eigenvalue weighted by Gasteiger charge is -2.51. The van der Waals surface area contributed by atoms with Crippen LogP contribution in [0, 0.1) is 11.3 Å². The van der Waals surface area contributed by atoms with Crippen molar-refractivity contribution in [2.24, 2.45) is 11.3 Å². The van der Waals surface area contributed by atoms with Crippen molar-refractivity contribution in [3.63, 3.8) is 0 Å². The van der Waals surface area contributed by atoms with Gasteiger partial charge < -0.3 is 9.64 Å². The number of ether oxygens (including phenoxy) is 1. The highest BCUT2D eigenvalue weighted by Crippen LogP contribution is 2.48. The van der Waals surface area contributed by atoms with Crippen LogP contribution >= 0.6 is 0 Å². The molecule has 1 aromatic carbocycles. The molecular weight excluding hydrogens is 274 g/mol. The number of hydrogen-bond donors (Lipinski definition) is 0. The summed E-state index contributed by atoms with van der Waals surface area (Å²) in [6, 6.07) is 10.6. The molecule has 1 amide bonds. The van der Waals surface area contributed by atoms with Gasteiger partial charge in [-0.25, -0.2) is 4.79 Å². The first-order valence-electron chi connectivity index (χ1n) is 8.03. The van der Waals surface area contributed by atoms with E-state index in [2.05, 4.69) is 51.1 Å². The molecule has 0 aromatic heterocycles. The van der Waals surface area contributed by atoms with Crippen LogP contribution in [0.4, 0.5) is 4.79 Å². The second kappa shape index (κ2) is 5.45. The molecule has 0 unspecified atom stereocenters. The summed E-state index contributed by atoms with van der Waals surface area (Å²) in [4.78, 5) is 14.1. The molecule has 22 heavy (non-hydrogen) atoms. The van der Waals surface area contributed by atoms with E-state index in [4.69, 9.17) is 4.74 Å². The lowest BCUT2D eigenvalue weighted by molar-refractivity contribution is 0.0686. The fraction of sp³-hybridized carbons (Fsp3) is 0.526. The molecule has 1 aromatic rings. The molecule has 118 valence electrons. The number of hydrogen-bond acceptors (Lipinski definition) is 2. The second-order valence-corrected chi connectivity index (χ2v) is 7.43. The van der Waals surface area contributed by atoms with Crippen molar-refractivity contribution in [2.45, 2.75) is 39.2 Å². The van der Waals surface area contributed by atoms with Gasteiger partial charge in [-0.15, -0.1) is 0 Å². The van der Waals surface area contributed by atoms with E-state index >= 15 is 0 Å². The Morgan fingerprint density at radius 3 is 2.45 bits per heavy atom. The SMILES string of the molecule is COC(=O)N1C[C@H]2C[C@H](c3ccccc3)[C@@H]1C=C2C(C)(C)C. The average molecular weight is 299 g/mol. The summed E-state index contributed by atoms with van der Waals surface area (Å²) in [7, 11) is 1.47. The molecule has 0 saturated carbocycles. The predicted octanol–water partition coefficient (Wildman–Crippen LogP) is 4.21. The van der Waals surface area contributed by atoms with E-state index in [0.717, 1.165) is 13.0 Å². The van der Waals surface area contributed by atoms with Crippen molar-refractivity contribution in [1.29, 1.82) is 0 Å². The molecule has 2 heterocycles. The van der Waals surface area contributed by atoms with Crippen molar-refractivity contribution in [3.8, 4) is 0 Å². The zero-order chi connectivity index (χ0) is 15.9. The Balaban J connectivity index is 2.00. The highest BCUT2D eigenvalue weighted by molar-refractivity contribution is 5.69. The Labute approximate surface area is 133 Å². The van der Waals surface area contributed by atoms with Gasteiger partial charge in [-0.2, -0.15) is 0 Å². The van der Waals surface area contributed by atoms with Crippen LogP contribution in [-0.2, 0) is 4.74 Å². The third-order valence-electron chi connectivity index (χ3n) is 5.02. The molecule has 0 radical (unpaired) electrons. The number of methoxy groups -OCH3 is 1. The van der Waals surface area contributed by atoms with Crippen LogP contribution in [0.1, 0.15) is 38.7 Å². The molecule has 1 fully saturated rings. The fourth-order valence-corrected chi connectivity index (χ4v) is 4.06. The van der Waals surface area contributed by atoms with Crippen LogP contribution in [0.5, 0.6) is 0 Å². The number of nitrogens with zero attached hydrogens (tertiary/aromatic N) is 1. The van der Waals surface area contributed by atoms with Crippen molar-refractivity contribution in [3.05, 3.63) is 47.5 Å². The van der Waals surface area contributed by atoms with E-state index in [1.54, 1.807) is 0 Å². The number of benzene rings is 1. The smallest absolute Gasteiger partial charge is 0.410 e. The summed E-state index contributed by atoms with van der Waals surface area (Å²) >= 11 is 0. The number of rotatable bonds is 1. The zero-order valence-corrected chi connectivity index (χ0v) is 13.9. The summed E-state index contributed by atoms with van der Waals surface area (Å²) < 4.78 is 5.01. The summed E-state index contributed by atoms with van der Waals surface area (Å²) in [6.07, 6.45) is 3.23. The quantitative estimate of drug-likeness (QED) is 0.727. The zero-order valence-electron chi connectivity index (χ0n) is 13.9. The molecule has 3 atom stereocenters.